The highest BCUT2D eigenvalue weighted by molar-refractivity contribution is 6.37. The fourth-order valence-electron chi connectivity index (χ4n) is 1.84. The molecule has 0 aliphatic carbocycles. The Kier molecular flexibility index (Phi) is 4.30. The van der Waals surface area contributed by atoms with Crippen LogP contribution in [-0.4, -0.2) is 37.2 Å². The molecular weight excluding hydrogens is 234 g/mol. The van der Waals surface area contributed by atoms with Crippen LogP contribution >= 0.6 is 0 Å². The van der Waals surface area contributed by atoms with Crippen LogP contribution in [0.1, 0.15) is 11.1 Å². The van der Waals surface area contributed by atoms with Gasteiger partial charge in [0.2, 0.25) is 0 Å². The van der Waals surface area contributed by atoms with E-state index < -0.39 is 11.9 Å². The van der Waals surface area contributed by atoms with Crippen LogP contribution in [0.25, 0.3) is 1.43 Å². The second-order valence-electron chi connectivity index (χ2n) is 3.98. The quantitative estimate of drug-likeness (QED) is 0.822. The number of hydrogen-bond acceptors (Lipinski definition) is 4. The maximum atomic E-state index is 12.0. The first kappa shape index (κ1) is 12.6. The SMILES string of the molecule is [2H]OC(=O)C(=O)N(CCOC)c1c(C)cccc1C. The van der Waals surface area contributed by atoms with Crippen LogP contribution in [0.3, 0.4) is 0 Å². The van der Waals surface area contributed by atoms with E-state index >= 15 is 0 Å². The van der Waals surface area contributed by atoms with E-state index in [0.29, 0.717) is 5.69 Å². The second-order valence-corrected chi connectivity index (χ2v) is 3.98. The lowest BCUT2D eigenvalue weighted by Crippen LogP contribution is -2.39. The highest BCUT2D eigenvalue weighted by atomic mass is 16.5. The van der Waals surface area contributed by atoms with Crippen molar-refractivity contribution in [2.75, 3.05) is 25.2 Å². The number of para-hydroxylation sites is 1. The molecular formula is C13H17NO4. The predicted molar refractivity (Wildman–Crippen MR) is 67.8 cm³/mol. The number of amides is 1. The summed E-state index contributed by atoms with van der Waals surface area (Å²) in [7, 11) is 1.51. The molecule has 1 aromatic rings. The molecule has 0 bridgehead atoms. The zero-order chi connectivity index (χ0) is 14.4. The van der Waals surface area contributed by atoms with Crippen LogP contribution in [0.15, 0.2) is 18.2 Å². The molecule has 0 radical (unpaired) electrons. The van der Waals surface area contributed by atoms with Crippen molar-refractivity contribution < 1.29 is 19.4 Å². The van der Waals surface area contributed by atoms with Gasteiger partial charge in [-0.3, -0.25) is 9.69 Å². The number of ether oxygens (including phenoxy) is 1. The Balaban J connectivity index is 3.16. The van der Waals surface area contributed by atoms with E-state index in [4.69, 9.17) is 6.17 Å². The maximum absolute atomic E-state index is 12.0. The molecule has 5 nitrogen and oxygen atoms in total. The monoisotopic (exact) mass is 252 g/mol. The third-order valence-corrected chi connectivity index (χ3v) is 2.65. The number of nitrogens with zero attached hydrogens (tertiary/aromatic N) is 1. The predicted octanol–water partition coefficient (Wildman–Crippen LogP) is 1.37. The summed E-state index contributed by atoms with van der Waals surface area (Å²) in [6.07, 6.45) is 0. The van der Waals surface area contributed by atoms with Crippen LogP contribution in [-0.2, 0) is 14.3 Å². The molecule has 1 N–H and O–H groups in total. The molecule has 0 spiro atoms. The number of carbonyl (C=O) groups excluding carboxylic acids is 1. The Morgan fingerprint density at radius 2 is 2.00 bits per heavy atom. The van der Waals surface area contributed by atoms with Crippen molar-refractivity contribution >= 4 is 17.6 Å². The number of methoxy groups -OCH3 is 1. The van der Waals surface area contributed by atoms with Crippen LogP contribution in [0.4, 0.5) is 5.69 Å². The second kappa shape index (κ2) is 6.16. The number of carboxylic acid groups (broad SMARTS) is 1. The average Bonchev–Trinajstić information content (AvgIpc) is 2.40. The Labute approximate surface area is 107 Å². The normalized spacial score (nSPS) is 10.7. The largest absolute Gasteiger partial charge is 0.474 e. The van der Waals surface area contributed by atoms with Crippen molar-refractivity contribution in [1.82, 2.24) is 0 Å². The van der Waals surface area contributed by atoms with E-state index in [-0.39, 0.29) is 13.2 Å². The van der Waals surface area contributed by atoms with E-state index in [1.54, 1.807) is 0 Å². The van der Waals surface area contributed by atoms with Crippen molar-refractivity contribution in [1.29, 1.82) is 1.43 Å². The van der Waals surface area contributed by atoms with E-state index in [9.17, 15) is 9.59 Å². The molecule has 1 rings (SSSR count). The summed E-state index contributed by atoms with van der Waals surface area (Å²) >= 11 is 0. The summed E-state index contributed by atoms with van der Waals surface area (Å²) in [5.74, 6) is -2.08. The van der Waals surface area contributed by atoms with Gasteiger partial charge in [-0.25, -0.2) is 4.79 Å². The third-order valence-electron chi connectivity index (χ3n) is 2.65. The average molecular weight is 252 g/mol. The van der Waals surface area contributed by atoms with Crippen LogP contribution in [0, 0.1) is 13.8 Å². The summed E-state index contributed by atoms with van der Waals surface area (Å²) < 4.78 is 11.5. The number of rotatable bonds is 4. The number of hydrogen-bond donors (Lipinski definition) is 1. The molecule has 1 aromatic carbocycles. The molecule has 0 fully saturated rings. The molecule has 5 heteroatoms. The van der Waals surface area contributed by atoms with Gasteiger partial charge in [-0.05, 0) is 25.0 Å². The lowest BCUT2D eigenvalue weighted by molar-refractivity contribution is -0.148. The van der Waals surface area contributed by atoms with Crippen molar-refractivity contribution in [2.45, 2.75) is 13.8 Å². The standard InChI is InChI=1S/C13H17NO4/c1-9-5-4-6-10(2)11(9)14(7-8-18-3)12(15)13(16)17/h4-6H,7-8H2,1-3H3,(H,16,17)/i/hD. The van der Waals surface area contributed by atoms with Crippen LogP contribution < -0.4 is 4.90 Å². The number of carbonyl (C=O) groups is 2. The Morgan fingerprint density at radius 3 is 2.50 bits per heavy atom. The molecule has 0 atom stereocenters. The van der Waals surface area contributed by atoms with E-state index in [1.165, 1.54) is 12.0 Å². The molecule has 0 saturated carbocycles. The van der Waals surface area contributed by atoms with Gasteiger partial charge >= 0.3 is 11.9 Å². The zero-order valence-electron chi connectivity index (χ0n) is 11.7. The molecule has 0 unspecified atom stereocenters. The first-order valence-corrected chi connectivity index (χ1v) is 5.57. The molecule has 18 heavy (non-hydrogen) atoms. The van der Waals surface area contributed by atoms with Gasteiger partial charge in [0.1, 0.15) is 0 Å². The minimum atomic E-state index is -1.21. The summed E-state index contributed by atoms with van der Waals surface area (Å²) in [4.78, 5) is 24.5. The number of aliphatic carboxylic acids is 1. The van der Waals surface area contributed by atoms with E-state index in [1.807, 2.05) is 32.0 Å². The van der Waals surface area contributed by atoms with Crippen molar-refractivity contribution in [3.05, 3.63) is 29.3 Å². The fourth-order valence-corrected chi connectivity index (χ4v) is 1.84. The minimum absolute atomic E-state index is 0.218. The molecule has 0 heterocycles. The van der Waals surface area contributed by atoms with Crippen molar-refractivity contribution in [3.8, 4) is 0 Å². The highest BCUT2D eigenvalue weighted by Gasteiger charge is 2.24. The molecule has 0 saturated heterocycles. The van der Waals surface area contributed by atoms with Gasteiger partial charge in [0.05, 0.1) is 12.3 Å². The van der Waals surface area contributed by atoms with Gasteiger partial charge in [-0.1, -0.05) is 18.2 Å². The first-order valence-electron chi connectivity index (χ1n) is 5.98. The maximum Gasteiger partial charge on any atom is 0.394 e. The van der Waals surface area contributed by atoms with Gasteiger partial charge in [-0.15, -0.1) is 0 Å². The van der Waals surface area contributed by atoms with Gasteiger partial charge in [0.25, 0.3) is 1.43 Å². The summed E-state index contributed by atoms with van der Waals surface area (Å²) in [6, 6.07) is 5.57. The lowest BCUT2D eigenvalue weighted by Gasteiger charge is -2.24. The fraction of sp³-hybridized carbons (Fsp3) is 0.385. The molecule has 98 valence electrons. The van der Waals surface area contributed by atoms with Gasteiger partial charge in [-0.2, -0.15) is 0 Å². The van der Waals surface area contributed by atoms with Gasteiger partial charge in [0, 0.05) is 13.7 Å². The molecule has 0 aliphatic rings. The highest BCUT2D eigenvalue weighted by Crippen LogP contribution is 2.24. The summed E-state index contributed by atoms with van der Waals surface area (Å²) in [5.41, 5.74) is 2.37. The Bertz CT molecular complexity index is 455. The molecule has 0 aromatic heterocycles. The summed E-state index contributed by atoms with van der Waals surface area (Å²) in [5, 5.41) is 3.75. The van der Waals surface area contributed by atoms with Crippen LogP contribution in [0.5, 0.6) is 0 Å². The molecule has 1 amide bonds. The van der Waals surface area contributed by atoms with Gasteiger partial charge < -0.3 is 9.85 Å². The first-order chi connectivity index (χ1) is 9.02. The minimum Gasteiger partial charge on any atom is -0.474 e. The van der Waals surface area contributed by atoms with Crippen molar-refractivity contribution in [2.24, 2.45) is 0 Å². The van der Waals surface area contributed by atoms with E-state index in [2.05, 4.69) is 5.11 Å². The number of carboxylic acids is 1. The van der Waals surface area contributed by atoms with E-state index in [0.717, 1.165) is 11.1 Å². The van der Waals surface area contributed by atoms with Crippen LogP contribution in [0.2, 0.25) is 0 Å². The lowest BCUT2D eigenvalue weighted by atomic mass is 10.1. The summed E-state index contributed by atoms with van der Waals surface area (Å²) in [6.45, 7) is 4.20. The number of benzene rings is 1. The number of anilines is 1. The molecule has 0 aliphatic heterocycles. The third kappa shape index (κ3) is 3.07. The van der Waals surface area contributed by atoms with Crippen molar-refractivity contribution in [3.63, 3.8) is 0 Å². The zero-order valence-corrected chi connectivity index (χ0v) is 10.7. The Hall–Kier alpha value is -1.88. The number of aryl methyl sites for hydroxylation is 2. The Morgan fingerprint density at radius 1 is 1.39 bits per heavy atom. The van der Waals surface area contributed by atoms with Gasteiger partial charge in [0.15, 0.2) is 0 Å². The smallest absolute Gasteiger partial charge is 0.394 e. The topological polar surface area (TPSA) is 66.8 Å².